The first-order valence-electron chi connectivity index (χ1n) is 8.22. The Morgan fingerprint density at radius 3 is 2.39 bits per heavy atom. The number of amides is 1. The molecule has 0 unspecified atom stereocenters. The van der Waals surface area contributed by atoms with Gasteiger partial charge in [0.2, 0.25) is 5.91 Å². The molecule has 1 amide bonds. The zero-order valence-corrected chi connectivity index (χ0v) is 14.4. The second-order valence-corrected chi connectivity index (χ2v) is 6.36. The van der Waals surface area contributed by atoms with Crippen molar-refractivity contribution < 1.29 is 9.90 Å². The van der Waals surface area contributed by atoms with Gasteiger partial charge in [-0.15, -0.1) is 0 Å². The van der Waals surface area contributed by atoms with Gasteiger partial charge in [0.25, 0.3) is 0 Å². The van der Waals surface area contributed by atoms with Crippen molar-refractivity contribution in [3.05, 3.63) is 34.9 Å². The lowest BCUT2D eigenvalue weighted by molar-refractivity contribution is -0.123. The van der Waals surface area contributed by atoms with E-state index in [2.05, 4.69) is 22.0 Å². The Labute approximate surface area is 143 Å². The lowest BCUT2D eigenvalue weighted by Gasteiger charge is -2.34. The Kier molecular flexibility index (Phi) is 7.30. The minimum atomic E-state index is 0.0236. The normalized spacial score (nSPS) is 17.9. The topological polar surface area (TPSA) is 55.8 Å². The highest BCUT2D eigenvalue weighted by atomic mass is 35.5. The summed E-state index contributed by atoms with van der Waals surface area (Å²) in [7, 11) is 0. The largest absolute Gasteiger partial charge is 0.395 e. The van der Waals surface area contributed by atoms with Crippen molar-refractivity contribution in [2.45, 2.75) is 19.4 Å². The van der Waals surface area contributed by atoms with Crippen LogP contribution in [0.2, 0.25) is 5.02 Å². The number of hydrogen-bond donors (Lipinski definition) is 2. The Morgan fingerprint density at radius 2 is 1.83 bits per heavy atom. The van der Waals surface area contributed by atoms with E-state index in [4.69, 9.17) is 16.7 Å². The van der Waals surface area contributed by atoms with Crippen molar-refractivity contribution >= 4 is 17.5 Å². The van der Waals surface area contributed by atoms with E-state index in [9.17, 15) is 4.79 Å². The summed E-state index contributed by atoms with van der Waals surface area (Å²) in [6, 6.07) is 7.66. The van der Waals surface area contributed by atoms with Crippen LogP contribution in [-0.4, -0.2) is 66.7 Å². The number of hydrogen-bond acceptors (Lipinski definition) is 4. The first kappa shape index (κ1) is 18.2. The summed E-state index contributed by atoms with van der Waals surface area (Å²) in [6.45, 7) is 6.94. The zero-order valence-electron chi connectivity index (χ0n) is 13.7. The van der Waals surface area contributed by atoms with Crippen LogP contribution >= 0.6 is 11.6 Å². The van der Waals surface area contributed by atoms with Gasteiger partial charge in [-0.05, 0) is 24.1 Å². The van der Waals surface area contributed by atoms with Crippen molar-refractivity contribution in [3.8, 4) is 0 Å². The third kappa shape index (κ3) is 5.77. The molecular weight excluding hydrogens is 314 g/mol. The number of piperazine rings is 1. The van der Waals surface area contributed by atoms with Crippen LogP contribution < -0.4 is 5.32 Å². The van der Waals surface area contributed by atoms with E-state index in [-0.39, 0.29) is 18.6 Å². The highest BCUT2D eigenvalue weighted by Gasteiger charge is 2.20. The Hall–Kier alpha value is -1.14. The molecule has 2 N–H and O–H groups in total. The summed E-state index contributed by atoms with van der Waals surface area (Å²) >= 11 is 5.91. The molecule has 2 rings (SSSR count). The molecule has 1 aromatic carbocycles. The van der Waals surface area contributed by atoms with Crippen LogP contribution in [-0.2, 0) is 4.79 Å². The molecule has 1 aromatic rings. The lowest BCUT2D eigenvalue weighted by Crippen LogP contribution is -2.50. The highest BCUT2D eigenvalue weighted by Crippen LogP contribution is 2.19. The quantitative estimate of drug-likeness (QED) is 0.791. The SMILES string of the molecule is CC[C@H](NC(=O)CN1CCN(CCO)CC1)c1ccc(Cl)cc1. The van der Waals surface area contributed by atoms with Crippen LogP contribution in [0.1, 0.15) is 24.9 Å². The monoisotopic (exact) mass is 339 g/mol. The van der Waals surface area contributed by atoms with Crippen LogP contribution in [0.25, 0.3) is 0 Å². The first-order valence-corrected chi connectivity index (χ1v) is 8.60. The van der Waals surface area contributed by atoms with Crippen LogP contribution in [0.4, 0.5) is 0 Å². The Balaban J connectivity index is 1.80. The van der Waals surface area contributed by atoms with Gasteiger partial charge in [-0.25, -0.2) is 0 Å². The minimum Gasteiger partial charge on any atom is -0.395 e. The summed E-state index contributed by atoms with van der Waals surface area (Å²) in [5.74, 6) is 0.0578. The van der Waals surface area contributed by atoms with E-state index in [1.165, 1.54) is 0 Å². The van der Waals surface area contributed by atoms with Gasteiger partial charge in [0, 0.05) is 37.7 Å². The third-order valence-corrected chi connectivity index (χ3v) is 4.52. The molecule has 23 heavy (non-hydrogen) atoms. The lowest BCUT2D eigenvalue weighted by atomic mass is 10.0. The molecule has 1 saturated heterocycles. The second kappa shape index (κ2) is 9.23. The molecule has 1 fully saturated rings. The van der Waals surface area contributed by atoms with E-state index < -0.39 is 0 Å². The summed E-state index contributed by atoms with van der Waals surface area (Å²) in [6.07, 6.45) is 0.845. The van der Waals surface area contributed by atoms with Gasteiger partial charge >= 0.3 is 0 Å². The molecule has 6 heteroatoms. The fourth-order valence-electron chi connectivity index (χ4n) is 2.87. The predicted molar refractivity (Wildman–Crippen MR) is 92.6 cm³/mol. The number of aliphatic hydroxyl groups excluding tert-OH is 1. The van der Waals surface area contributed by atoms with Gasteiger partial charge in [-0.1, -0.05) is 30.7 Å². The van der Waals surface area contributed by atoms with Crippen molar-refractivity contribution in [2.24, 2.45) is 0 Å². The number of nitrogens with zero attached hydrogens (tertiary/aromatic N) is 2. The number of carbonyl (C=O) groups excluding carboxylic acids is 1. The van der Waals surface area contributed by atoms with Crippen molar-refractivity contribution in [1.82, 2.24) is 15.1 Å². The highest BCUT2D eigenvalue weighted by molar-refractivity contribution is 6.30. The Bertz CT molecular complexity index is 487. The minimum absolute atomic E-state index is 0.0236. The molecule has 5 nitrogen and oxygen atoms in total. The summed E-state index contributed by atoms with van der Waals surface area (Å²) in [5, 5.41) is 12.8. The van der Waals surface area contributed by atoms with Crippen LogP contribution in [0.3, 0.4) is 0 Å². The molecule has 0 bridgehead atoms. The number of β-amino-alcohol motifs (C(OH)–C–C–N with tert-alkyl or cyclic N) is 1. The van der Waals surface area contributed by atoms with Crippen LogP contribution in [0.5, 0.6) is 0 Å². The predicted octanol–water partition coefficient (Wildman–Crippen LogP) is 1.52. The van der Waals surface area contributed by atoms with Gasteiger partial charge in [0.05, 0.1) is 19.2 Å². The fourth-order valence-corrected chi connectivity index (χ4v) is 3.00. The Morgan fingerprint density at radius 1 is 1.22 bits per heavy atom. The standard InChI is InChI=1S/C17H26ClN3O2/c1-2-16(14-3-5-15(18)6-4-14)19-17(23)13-21-9-7-20(8-10-21)11-12-22/h3-6,16,22H,2,7-13H2,1H3,(H,19,23)/t16-/m0/s1. The first-order chi connectivity index (χ1) is 11.1. The number of halogens is 1. The van der Waals surface area contributed by atoms with Crippen LogP contribution in [0, 0.1) is 0 Å². The number of benzene rings is 1. The molecular formula is C17H26ClN3O2. The van der Waals surface area contributed by atoms with Gasteiger partial charge in [-0.3, -0.25) is 14.6 Å². The molecule has 0 spiro atoms. The third-order valence-electron chi connectivity index (χ3n) is 4.26. The average molecular weight is 340 g/mol. The molecule has 1 aliphatic heterocycles. The zero-order chi connectivity index (χ0) is 16.7. The molecule has 0 aromatic heterocycles. The van der Waals surface area contributed by atoms with Crippen LogP contribution in [0.15, 0.2) is 24.3 Å². The maximum absolute atomic E-state index is 12.3. The summed E-state index contributed by atoms with van der Waals surface area (Å²) in [4.78, 5) is 16.7. The second-order valence-electron chi connectivity index (χ2n) is 5.92. The molecule has 128 valence electrons. The van der Waals surface area contributed by atoms with Crippen molar-refractivity contribution in [1.29, 1.82) is 0 Å². The summed E-state index contributed by atoms with van der Waals surface area (Å²) < 4.78 is 0. The molecule has 1 heterocycles. The maximum Gasteiger partial charge on any atom is 0.234 e. The number of carbonyl (C=O) groups is 1. The van der Waals surface area contributed by atoms with Crippen molar-refractivity contribution in [3.63, 3.8) is 0 Å². The smallest absolute Gasteiger partial charge is 0.234 e. The average Bonchev–Trinajstić information content (AvgIpc) is 2.56. The fraction of sp³-hybridized carbons (Fsp3) is 0.588. The summed E-state index contributed by atoms with van der Waals surface area (Å²) in [5.41, 5.74) is 1.08. The number of aliphatic hydroxyl groups is 1. The van der Waals surface area contributed by atoms with Crippen molar-refractivity contribution in [2.75, 3.05) is 45.9 Å². The van der Waals surface area contributed by atoms with E-state index >= 15 is 0 Å². The van der Waals surface area contributed by atoms with E-state index in [1.54, 1.807) is 0 Å². The van der Waals surface area contributed by atoms with Gasteiger partial charge < -0.3 is 10.4 Å². The van der Waals surface area contributed by atoms with E-state index in [0.717, 1.165) is 38.2 Å². The molecule has 0 radical (unpaired) electrons. The molecule has 1 atom stereocenters. The van der Waals surface area contributed by atoms with E-state index in [0.29, 0.717) is 18.1 Å². The number of nitrogens with one attached hydrogen (secondary N) is 1. The van der Waals surface area contributed by atoms with E-state index in [1.807, 2.05) is 24.3 Å². The number of rotatable bonds is 7. The van der Waals surface area contributed by atoms with Gasteiger partial charge in [0.15, 0.2) is 0 Å². The molecule has 0 saturated carbocycles. The molecule has 1 aliphatic rings. The van der Waals surface area contributed by atoms with Gasteiger partial charge in [-0.2, -0.15) is 0 Å². The maximum atomic E-state index is 12.3. The van der Waals surface area contributed by atoms with Gasteiger partial charge in [0.1, 0.15) is 0 Å². The molecule has 0 aliphatic carbocycles.